The van der Waals surface area contributed by atoms with Gasteiger partial charge in [-0.25, -0.2) is 10.2 Å². The molecule has 0 radical (unpaired) electrons. The highest BCUT2D eigenvalue weighted by atomic mass is 35.5. The maximum atomic E-state index is 12.5. The Kier molecular flexibility index (Phi) is 9.69. The predicted octanol–water partition coefficient (Wildman–Crippen LogP) is 5.14. The van der Waals surface area contributed by atoms with Gasteiger partial charge in [-0.15, -0.1) is 0 Å². The van der Waals surface area contributed by atoms with Crippen molar-refractivity contribution >= 4 is 58.8 Å². The molecule has 0 unspecified atom stereocenters. The summed E-state index contributed by atoms with van der Waals surface area (Å²) >= 11 is 17.9. The van der Waals surface area contributed by atoms with E-state index in [0.717, 1.165) is 0 Å². The smallest absolute Gasteiger partial charge is 0.345 e. The summed E-state index contributed by atoms with van der Waals surface area (Å²) in [6.07, 6.45) is 1.37. The Morgan fingerprint density at radius 3 is 2.42 bits per heavy atom. The molecule has 36 heavy (non-hydrogen) atoms. The van der Waals surface area contributed by atoms with Gasteiger partial charge in [0.1, 0.15) is 0 Å². The summed E-state index contributed by atoms with van der Waals surface area (Å²) in [6.45, 7) is 1.79. The third kappa shape index (κ3) is 7.45. The van der Waals surface area contributed by atoms with E-state index < -0.39 is 17.8 Å². The van der Waals surface area contributed by atoms with Gasteiger partial charge in [-0.1, -0.05) is 46.9 Å². The summed E-state index contributed by atoms with van der Waals surface area (Å²) in [5.74, 6) is -1.23. The van der Waals surface area contributed by atoms with Crippen molar-refractivity contribution in [1.82, 2.24) is 10.7 Å². The minimum absolute atomic E-state index is 0.151. The lowest BCUT2D eigenvalue weighted by Gasteiger charge is -2.12. The monoisotopic (exact) mass is 547 g/mol. The highest BCUT2D eigenvalue weighted by molar-refractivity contribution is 6.36. The quantitative estimate of drug-likeness (QED) is 0.167. The topological polar surface area (TPSA) is 106 Å². The van der Waals surface area contributed by atoms with Crippen molar-refractivity contribution in [3.05, 3.63) is 92.4 Å². The molecule has 2 N–H and O–H groups in total. The van der Waals surface area contributed by atoms with Crippen LogP contribution in [-0.2, 0) is 4.79 Å². The first-order valence-corrected chi connectivity index (χ1v) is 11.7. The minimum Gasteiger partial charge on any atom is -0.490 e. The second kappa shape index (κ2) is 12.9. The molecule has 0 saturated heterocycles. The minimum atomic E-state index is -0.676. The number of carbonyl (C=O) groups excluding carboxylic acids is 3. The Labute approximate surface area is 222 Å². The zero-order valence-corrected chi connectivity index (χ0v) is 21.2. The van der Waals surface area contributed by atoms with Crippen LogP contribution in [0.4, 0.5) is 0 Å². The van der Waals surface area contributed by atoms with Crippen LogP contribution in [0.25, 0.3) is 0 Å². The molecule has 2 amide bonds. The van der Waals surface area contributed by atoms with E-state index in [0.29, 0.717) is 22.9 Å². The molecular weight excluding hydrogens is 529 g/mol. The fraction of sp³-hybridized carbons (Fsp3) is 0.120. The van der Waals surface area contributed by atoms with Gasteiger partial charge in [0, 0.05) is 5.02 Å². The summed E-state index contributed by atoms with van der Waals surface area (Å²) in [7, 11) is 0. The second-order valence-corrected chi connectivity index (χ2v) is 8.36. The maximum absolute atomic E-state index is 12.5. The van der Waals surface area contributed by atoms with Gasteiger partial charge in [-0.2, -0.15) is 5.10 Å². The van der Waals surface area contributed by atoms with Crippen molar-refractivity contribution in [3.8, 4) is 11.5 Å². The Balaban J connectivity index is 1.60. The van der Waals surface area contributed by atoms with E-state index in [1.165, 1.54) is 30.5 Å². The number of halogens is 3. The standard InChI is InChI=1S/C25H20Cl3N3O5/c1-2-35-22-11-15(7-10-21(22)36-25(34)18-9-8-16(26)12-20(18)28)13-30-31-23(32)14-29-24(33)17-5-3-4-6-19(17)27/h3-13H,2,14H2,1H3,(H,29,33)(H,31,32)/b30-13-. The van der Waals surface area contributed by atoms with Crippen LogP contribution in [0.5, 0.6) is 11.5 Å². The SMILES string of the molecule is CCOc1cc(/C=N\NC(=O)CNC(=O)c2ccccc2Cl)ccc1OC(=O)c1ccc(Cl)cc1Cl. The molecule has 8 nitrogen and oxygen atoms in total. The first kappa shape index (κ1) is 27.0. The highest BCUT2D eigenvalue weighted by Gasteiger charge is 2.16. The number of hydrogen-bond acceptors (Lipinski definition) is 6. The molecule has 0 atom stereocenters. The van der Waals surface area contributed by atoms with E-state index in [4.69, 9.17) is 44.3 Å². The number of rotatable bonds is 9. The van der Waals surface area contributed by atoms with Gasteiger partial charge in [-0.3, -0.25) is 9.59 Å². The third-order valence-corrected chi connectivity index (χ3v) is 5.43. The number of benzene rings is 3. The molecule has 11 heteroatoms. The van der Waals surface area contributed by atoms with Crippen LogP contribution in [0.3, 0.4) is 0 Å². The summed E-state index contributed by atoms with van der Waals surface area (Å²) in [4.78, 5) is 36.7. The third-order valence-electron chi connectivity index (χ3n) is 4.55. The molecule has 0 heterocycles. The second-order valence-electron chi connectivity index (χ2n) is 7.11. The molecule has 0 fully saturated rings. The van der Waals surface area contributed by atoms with Crippen molar-refractivity contribution in [2.75, 3.05) is 13.2 Å². The van der Waals surface area contributed by atoms with Crippen LogP contribution in [0.2, 0.25) is 15.1 Å². The Hall–Kier alpha value is -3.59. The molecule has 0 aliphatic carbocycles. The lowest BCUT2D eigenvalue weighted by molar-refractivity contribution is -0.120. The van der Waals surface area contributed by atoms with Gasteiger partial charge in [0.25, 0.3) is 11.8 Å². The molecule has 0 aromatic heterocycles. The summed E-state index contributed by atoms with van der Waals surface area (Å²) in [6, 6.07) is 15.7. The molecule has 186 valence electrons. The fourth-order valence-corrected chi connectivity index (χ4v) is 3.59. The van der Waals surface area contributed by atoms with E-state index in [2.05, 4.69) is 15.8 Å². The van der Waals surface area contributed by atoms with Crippen molar-refractivity contribution in [2.45, 2.75) is 6.92 Å². The first-order chi connectivity index (χ1) is 17.3. The molecule has 0 saturated carbocycles. The van der Waals surface area contributed by atoms with E-state index in [9.17, 15) is 14.4 Å². The van der Waals surface area contributed by atoms with Gasteiger partial charge in [0.2, 0.25) is 0 Å². The van der Waals surface area contributed by atoms with Crippen LogP contribution < -0.4 is 20.2 Å². The molecule has 3 rings (SSSR count). The van der Waals surface area contributed by atoms with Gasteiger partial charge in [0.05, 0.1) is 40.5 Å². The zero-order valence-electron chi connectivity index (χ0n) is 18.9. The number of carbonyl (C=O) groups is 3. The molecule has 3 aromatic rings. The zero-order chi connectivity index (χ0) is 26.1. The lowest BCUT2D eigenvalue weighted by Crippen LogP contribution is -2.35. The molecule has 0 aliphatic heterocycles. The van der Waals surface area contributed by atoms with Crippen LogP contribution in [0, 0.1) is 0 Å². The fourth-order valence-electron chi connectivity index (χ4n) is 2.89. The van der Waals surface area contributed by atoms with Gasteiger partial charge < -0.3 is 14.8 Å². The highest BCUT2D eigenvalue weighted by Crippen LogP contribution is 2.30. The van der Waals surface area contributed by atoms with E-state index in [-0.39, 0.29) is 33.5 Å². The van der Waals surface area contributed by atoms with Crippen LogP contribution in [0.15, 0.2) is 65.8 Å². The van der Waals surface area contributed by atoms with Crippen LogP contribution in [0.1, 0.15) is 33.2 Å². The predicted molar refractivity (Wildman–Crippen MR) is 139 cm³/mol. The Morgan fingerprint density at radius 2 is 1.69 bits per heavy atom. The summed E-state index contributed by atoms with van der Waals surface area (Å²) in [5, 5.41) is 7.17. The van der Waals surface area contributed by atoms with Crippen molar-refractivity contribution in [1.29, 1.82) is 0 Å². The number of hydrogen-bond donors (Lipinski definition) is 2. The van der Waals surface area contributed by atoms with Crippen molar-refractivity contribution in [3.63, 3.8) is 0 Å². The molecule has 0 spiro atoms. The molecule has 0 bridgehead atoms. The molecule has 0 aliphatic rings. The van der Waals surface area contributed by atoms with Crippen molar-refractivity contribution in [2.24, 2.45) is 5.10 Å². The average molecular weight is 549 g/mol. The number of nitrogens with zero attached hydrogens (tertiary/aromatic N) is 1. The van der Waals surface area contributed by atoms with E-state index in [1.807, 2.05) is 0 Å². The van der Waals surface area contributed by atoms with E-state index >= 15 is 0 Å². The summed E-state index contributed by atoms with van der Waals surface area (Å²) < 4.78 is 11.0. The number of amides is 2. The van der Waals surface area contributed by atoms with Crippen molar-refractivity contribution < 1.29 is 23.9 Å². The van der Waals surface area contributed by atoms with E-state index in [1.54, 1.807) is 43.3 Å². The first-order valence-electron chi connectivity index (χ1n) is 10.6. The summed E-state index contributed by atoms with van der Waals surface area (Å²) in [5.41, 5.74) is 3.29. The Bertz CT molecular complexity index is 1310. The lowest BCUT2D eigenvalue weighted by atomic mass is 10.2. The average Bonchev–Trinajstić information content (AvgIpc) is 2.84. The van der Waals surface area contributed by atoms with Gasteiger partial charge >= 0.3 is 5.97 Å². The number of esters is 1. The van der Waals surface area contributed by atoms with Crippen LogP contribution >= 0.6 is 34.8 Å². The maximum Gasteiger partial charge on any atom is 0.345 e. The van der Waals surface area contributed by atoms with Crippen LogP contribution in [-0.4, -0.2) is 37.1 Å². The largest absolute Gasteiger partial charge is 0.490 e. The van der Waals surface area contributed by atoms with Gasteiger partial charge in [-0.05, 0) is 61.0 Å². The molecule has 3 aromatic carbocycles. The number of nitrogens with one attached hydrogen (secondary N) is 2. The van der Waals surface area contributed by atoms with Gasteiger partial charge in [0.15, 0.2) is 11.5 Å². The number of hydrazone groups is 1. The Morgan fingerprint density at radius 1 is 0.917 bits per heavy atom. The molecular formula is C25H20Cl3N3O5. The normalized spacial score (nSPS) is 10.7. The number of ether oxygens (including phenoxy) is 2.